The van der Waals surface area contributed by atoms with Gasteiger partial charge in [0.1, 0.15) is 5.78 Å². The van der Waals surface area contributed by atoms with Crippen molar-refractivity contribution in [3.8, 4) is 0 Å². The van der Waals surface area contributed by atoms with Gasteiger partial charge in [-0.1, -0.05) is 13.8 Å². The zero-order chi connectivity index (χ0) is 18.0. The molecule has 0 saturated heterocycles. The second kappa shape index (κ2) is 5.80. The Kier molecular flexibility index (Phi) is 4.06. The summed E-state index contributed by atoms with van der Waals surface area (Å²) in [6.45, 7) is 4.51. The quantitative estimate of drug-likeness (QED) is 0.738. The molecule has 8 atom stereocenters. The van der Waals surface area contributed by atoms with Crippen LogP contribution in [0.4, 0.5) is 0 Å². The lowest BCUT2D eigenvalue weighted by atomic mass is 9.44. The van der Waals surface area contributed by atoms with Gasteiger partial charge in [-0.05, 0) is 67.6 Å². The maximum Gasteiger partial charge on any atom is 0.309 e. The van der Waals surface area contributed by atoms with Gasteiger partial charge in [-0.15, -0.1) is 0 Å². The first-order valence-electron chi connectivity index (χ1n) is 10.1. The van der Waals surface area contributed by atoms with Crippen LogP contribution in [-0.2, 0) is 14.3 Å². The van der Waals surface area contributed by atoms with E-state index in [1.54, 1.807) is 0 Å². The van der Waals surface area contributed by atoms with Crippen LogP contribution in [0, 0.1) is 40.4 Å². The minimum absolute atomic E-state index is 0.148. The molecule has 0 aromatic carbocycles. The molecular formula is C21H32O4. The number of carbonyl (C=O) groups is 2. The Morgan fingerprint density at radius 3 is 2.64 bits per heavy atom. The van der Waals surface area contributed by atoms with E-state index in [4.69, 9.17) is 4.74 Å². The molecule has 0 bridgehead atoms. The van der Waals surface area contributed by atoms with Gasteiger partial charge in [-0.25, -0.2) is 0 Å². The predicted octanol–water partition coefficient (Wildman–Crippen LogP) is 3.36. The zero-order valence-electron chi connectivity index (χ0n) is 15.8. The van der Waals surface area contributed by atoms with Crippen LogP contribution in [0.15, 0.2) is 0 Å². The van der Waals surface area contributed by atoms with E-state index in [0.29, 0.717) is 35.9 Å². The molecule has 0 radical (unpaired) electrons. The number of hydrogen-bond donors (Lipinski definition) is 1. The Morgan fingerprint density at radius 1 is 1.16 bits per heavy atom. The van der Waals surface area contributed by atoms with Gasteiger partial charge in [-0.3, -0.25) is 9.59 Å². The highest BCUT2D eigenvalue weighted by atomic mass is 16.5. The van der Waals surface area contributed by atoms with Crippen molar-refractivity contribution in [2.24, 2.45) is 40.4 Å². The topological polar surface area (TPSA) is 63.6 Å². The van der Waals surface area contributed by atoms with Gasteiger partial charge in [0.15, 0.2) is 0 Å². The SMILES string of the molecule is COC(=O)[C@@H]1CC[C@@H]2[C@@H]3CC[C@@H]4CC(=O)CC[C@]4(C)[C@H]3C[C@H](O)[C@@]21C. The fourth-order valence-electron chi connectivity index (χ4n) is 7.54. The molecule has 0 heterocycles. The minimum atomic E-state index is -0.446. The summed E-state index contributed by atoms with van der Waals surface area (Å²) < 4.78 is 5.06. The van der Waals surface area contributed by atoms with Crippen LogP contribution in [0.3, 0.4) is 0 Å². The van der Waals surface area contributed by atoms with Gasteiger partial charge in [0.05, 0.1) is 19.1 Å². The fraction of sp³-hybridized carbons (Fsp3) is 0.905. The van der Waals surface area contributed by atoms with Gasteiger partial charge in [0.2, 0.25) is 0 Å². The van der Waals surface area contributed by atoms with Crippen molar-refractivity contribution in [1.29, 1.82) is 0 Å². The summed E-state index contributed by atoms with van der Waals surface area (Å²) in [4.78, 5) is 24.3. The van der Waals surface area contributed by atoms with Crippen LogP contribution in [0.5, 0.6) is 0 Å². The third-order valence-corrected chi connectivity index (χ3v) is 9.08. The Labute approximate surface area is 150 Å². The Bertz CT molecular complexity index is 586. The summed E-state index contributed by atoms with van der Waals surface area (Å²) in [6.07, 6.45) is 6.91. The molecule has 140 valence electrons. The third-order valence-electron chi connectivity index (χ3n) is 9.08. The normalized spacial score (nSPS) is 52.1. The van der Waals surface area contributed by atoms with Crippen molar-refractivity contribution in [1.82, 2.24) is 0 Å². The molecule has 0 aromatic heterocycles. The van der Waals surface area contributed by atoms with E-state index in [-0.39, 0.29) is 22.7 Å². The molecule has 4 rings (SSSR count). The number of aliphatic hydroxyl groups is 1. The third kappa shape index (κ3) is 2.28. The monoisotopic (exact) mass is 348 g/mol. The standard InChI is InChI=1S/C21H32O4/c1-20-9-8-13(22)10-12(20)4-5-14-15-6-7-16(19(24)25-3)21(15,2)18(23)11-17(14)20/h12,14-18,23H,4-11H2,1-3H3/t12-,14+,15-,16+,17+,18+,20+,21+/m1/s1. The molecule has 25 heavy (non-hydrogen) atoms. The first-order valence-corrected chi connectivity index (χ1v) is 10.1. The number of carbonyl (C=O) groups excluding carboxylic acids is 2. The predicted molar refractivity (Wildman–Crippen MR) is 93.6 cm³/mol. The number of methoxy groups -OCH3 is 1. The Balaban J connectivity index is 1.66. The number of esters is 1. The van der Waals surface area contributed by atoms with Crippen molar-refractivity contribution in [3.05, 3.63) is 0 Å². The van der Waals surface area contributed by atoms with E-state index in [9.17, 15) is 14.7 Å². The number of fused-ring (bicyclic) bond motifs is 5. The van der Waals surface area contributed by atoms with Crippen LogP contribution >= 0.6 is 0 Å². The number of ether oxygens (including phenoxy) is 1. The van der Waals surface area contributed by atoms with Gasteiger partial charge in [0, 0.05) is 18.3 Å². The van der Waals surface area contributed by atoms with E-state index in [2.05, 4.69) is 13.8 Å². The molecule has 4 aliphatic carbocycles. The fourth-order valence-corrected chi connectivity index (χ4v) is 7.54. The summed E-state index contributed by atoms with van der Waals surface area (Å²) in [6, 6.07) is 0. The van der Waals surface area contributed by atoms with E-state index >= 15 is 0 Å². The van der Waals surface area contributed by atoms with Gasteiger partial charge >= 0.3 is 5.97 Å². The second-order valence-electron chi connectivity index (χ2n) is 9.67. The molecule has 0 amide bonds. The van der Waals surface area contributed by atoms with Crippen molar-refractivity contribution in [2.45, 2.75) is 71.3 Å². The van der Waals surface area contributed by atoms with Crippen LogP contribution in [0.1, 0.15) is 65.2 Å². The summed E-state index contributed by atoms with van der Waals surface area (Å²) in [5.41, 5.74) is -0.162. The van der Waals surface area contributed by atoms with Crippen molar-refractivity contribution in [2.75, 3.05) is 7.11 Å². The molecule has 0 spiro atoms. The number of hydrogen-bond acceptors (Lipinski definition) is 4. The second-order valence-corrected chi connectivity index (χ2v) is 9.67. The number of aliphatic hydroxyl groups excluding tert-OH is 1. The maximum absolute atomic E-state index is 12.3. The van der Waals surface area contributed by atoms with Crippen LogP contribution in [0.2, 0.25) is 0 Å². The molecule has 0 aromatic rings. The summed E-state index contributed by atoms with van der Waals surface area (Å²) in [5.74, 6) is 2.07. The van der Waals surface area contributed by atoms with Crippen LogP contribution in [-0.4, -0.2) is 30.1 Å². The van der Waals surface area contributed by atoms with Crippen molar-refractivity contribution in [3.63, 3.8) is 0 Å². The summed E-state index contributed by atoms with van der Waals surface area (Å²) in [5, 5.41) is 11.2. The number of ketones is 1. The van der Waals surface area contributed by atoms with Crippen molar-refractivity contribution < 1.29 is 19.4 Å². The Morgan fingerprint density at radius 2 is 1.92 bits per heavy atom. The number of Topliss-reactive ketones (excluding diaryl/α,β-unsaturated/α-hetero) is 1. The molecule has 4 aliphatic rings. The summed E-state index contributed by atoms with van der Waals surface area (Å²) >= 11 is 0. The lowest BCUT2D eigenvalue weighted by Gasteiger charge is -2.61. The molecule has 4 heteroatoms. The minimum Gasteiger partial charge on any atom is -0.469 e. The van der Waals surface area contributed by atoms with E-state index in [1.165, 1.54) is 7.11 Å². The molecule has 4 saturated carbocycles. The molecule has 0 aliphatic heterocycles. The average molecular weight is 348 g/mol. The zero-order valence-corrected chi connectivity index (χ0v) is 15.8. The van der Waals surface area contributed by atoms with E-state index < -0.39 is 6.10 Å². The lowest BCUT2D eigenvalue weighted by molar-refractivity contribution is -0.179. The largest absolute Gasteiger partial charge is 0.469 e. The molecular weight excluding hydrogens is 316 g/mol. The molecule has 0 unspecified atom stereocenters. The lowest BCUT2D eigenvalue weighted by Crippen LogP contribution is -2.58. The van der Waals surface area contributed by atoms with Gasteiger partial charge in [0.25, 0.3) is 0 Å². The highest BCUT2D eigenvalue weighted by Crippen LogP contribution is 2.67. The first-order chi connectivity index (χ1) is 11.8. The summed E-state index contributed by atoms with van der Waals surface area (Å²) in [7, 11) is 1.46. The van der Waals surface area contributed by atoms with Gasteiger partial charge in [-0.2, -0.15) is 0 Å². The highest BCUT2D eigenvalue weighted by molar-refractivity contribution is 5.79. The van der Waals surface area contributed by atoms with Crippen molar-refractivity contribution >= 4 is 11.8 Å². The van der Waals surface area contributed by atoms with Gasteiger partial charge < -0.3 is 9.84 Å². The first kappa shape index (κ1) is 17.5. The van der Waals surface area contributed by atoms with Crippen LogP contribution < -0.4 is 0 Å². The Hall–Kier alpha value is -0.900. The van der Waals surface area contributed by atoms with Crippen LogP contribution in [0.25, 0.3) is 0 Å². The van der Waals surface area contributed by atoms with E-state index in [0.717, 1.165) is 44.9 Å². The molecule has 1 N–H and O–H groups in total. The smallest absolute Gasteiger partial charge is 0.309 e. The highest BCUT2D eigenvalue weighted by Gasteiger charge is 2.64. The molecule has 4 fully saturated rings. The maximum atomic E-state index is 12.3. The molecule has 4 nitrogen and oxygen atoms in total. The average Bonchev–Trinajstić information content (AvgIpc) is 2.95. The van der Waals surface area contributed by atoms with E-state index in [1.807, 2.05) is 0 Å². The number of rotatable bonds is 1.